The van der Waals surface area contributed by atoms with Crippen molar-refractivity contribution in [1.82, 2.24) is 10.3 Å². The Kier molecular flexibility index (Phi) is 3.70. The molecule has 3 N–H and O–H groups in total. The van der Waals surface area contributed by atoms with Gasteiger partial charge >= 0.3 is 5.97 Å². The topological polar surface area (TPSA) is 91.4 Å². The first kappa shape index (κ1) is 12.9. The van der Waals surface area contributed by atoms with Gasteiger partial charge in [-0.2, -0.15) is 0 Å². The highest BCUT2D eigenvalue weighted by Gasteiger charge is 2.19. The molecule has 0 spiro atoms. The van der Waals surface area contributed by atoms with Crippen molar-refractivity contribution >= 4 is 23.3 Å². The van der Waals surface area contributed by atoms with Crippen molar-refractivity contribution in [3.05, 3.63) is 30.0 Å². The van der Waals surface area contributed by atoms with Crippen LogP contribution in [0.2, 0.25) is 0 Å². The lowest BCUT2D eigenvalue weighted by Gasteiger charge is -2.11. The van der Waals surface area contributed by atoms with Gasteiger partial charge in [-0.05, 0) is 17.7 Å². The van der Waals surface area contributed by atoms with E-state index in [1.807, 2.05) is 18.2 Å². The number of ether oxygens (including phenoxy) is 1. The zero-order valence-electron chi connectivity index (χ0n) is 10.3. The van der Waals surface area contributed by atoms with Crippen molar-refractivity contribution in [2.24, 2.45) is 0 Å². The van der Waals surface area contributed by atoms with Crippen LogP contribution in [0.3, 0.4) is 0 Å². The number of amides is 1. The summed E-state index contributed by atoms with van der Waals surface area (Å²) in [4.78, 5) is 24.5. The first-order valence-electron chi connectivity index (χ1n) is 5.72. The average molecular weight is 262 g/mol. The maximum atomic E-state index is 11.0. The minimum absolute atomic E-state index is 0.189. The number of carboxylic acids is 1. The van der Waals surface area contributed by atoms with E-state index in [0.29, 0.717) is 12.2 Å². The largest absolute Gasteiger partial charge is 0.496 e. The average Bonchev–Trinajstić information content (AvgIpc) is 2.81. The maximum Gasteiger partial charge on any atom is 0.326 e. The highest BCUT2D eigenvalue weighted by atomic mass is 16.5. The highest BCUT2D eigenvalue weighted by molar-refractivity contribution is 5.90. The number of rotatable bonds is 6. The van der Waals surface area contributed by atoms with Gasteiger partial charge in [-0.1, -0.05) is 6.07 Å². The van der Waals surface area contributed by atoms with Gasteiger partial charge in [0.1, 0.15) is 11.8 Å². The van der Waals surface area contributed by atoms with Crippen LogP contribution >= 0.6 is 0 Å². The fourth-order valence-corrected chi connectivity index (χ4v) is 2.07. The Balaban J connectivity index is 2.39. The molecule has 19 heavy (non-hydrogen) atoms. The Hall–Kier alpha value is -2.50. The van der Waals surface area contributed by atoms with Crippen LogP contribution < -0.4 is 10.1 Å². The Bertz CT molecular complexity index is 606. The van der Waals surface area contributed by atoms with Crippen LogP contribution in [0.1, 0.15) is 5.56 Å². The second kappa shape index (κ2) is 5.43. The summed E-state index contributed by atoms with van der Waals surface area (Å²) in [6.07, 6.45) is 2.31. The third-order valence-corrected chi connectivity index (χ3v) is 2.96. The standard InChI is InChI=1S/C13H14N2O4/c1-19-11-4-2-3-9-12(11)8(6-14-9)5-10(13(17)18)15-7-16/h2-4,6-7,10,14H,5H2,1H3,(H,15,16)(H,17,18)/t10-/m0/s1. The molecule has 0 unspecified atom stereocenters. The van der Waals surface area contributed by atoms with E-state index < -0.39 is 12.0 Å². The van der Waals surface area contributed by atoms with E-state index in [9.17, 15) is 9.59 Å². The molecule has 1 amide bonds. The van der Waals surface area contributed by atoms with E-state index >= 15 is 0 Å². The van der Waals surface area contributed by atoms with Crippen LogP contribution in [0, 0.1) is 0 Å². The van der Waals surface area contributed by atoms with Crippen LogP contribution in [0.25, 0.3) is 10.9 Å². The van der Waals surface area contributed by atoms with Gasteiger partial charge in [0.05, 0.1) is 7.11 Å². The van der Waals surface area contributed by atoms with Crippen LogP contribution in [0.15, 0.2) is 24.4 Å². The Morgan fingerprint density at radius 1 is 1.58 bits per heavy atom. The van der Waals surface area contributed by atoms with Gasteiger partial charge in [0.15, 0.2) is 0 Å². The Morgan fingerprint density at radius 3 is 3.00 bits per heavy atom. The van der Waals surface area contributed by atoms with Gasteiger partial charge in [0, 0.05) is 23.5 Å². The minimum Gasteiger partial charge on any atom is -0.496 e. The fourth-order valence-electron chi connectivity index (χ4n) is 2.07. The molecule has 0 radical (unpaired) electrons. The van der Waals surface area contributed by atoms with Crippen molar-refractivity contribution in [3.8, 4) is 5.75 Å². The molecule has 1 heterocycles. The molecule has 2 aromatic rings. The quantitative estimate of drug-likeness (QED) is 0.675. The molecular weight excluding hydrogens is 248 g/mol. The predicted octanol–water partition coefficient (Wildman–Crippen LogP) is 0.918. The lowest BCUT2D eigenvalue weighted by molar-refractivity contribution is -0.140. The number of methoxy groups -OCH3 is 1. The maximum absolute atomic E-state index is 11.0. The molecule has 1 aromatic carbocycles. The molecule has 0 aliphatic rings. The third kappa shape index (κ3) is 2.52. The molecular formula is C13H14N2O4. The van der Waals surface area contributed by atoms with Gasteiger partial charge in [-0.15, -0.1) is 0 Å². The molecule has 1 atom stereocenters. The van der Waals surface area contributed by atoms with Crippen LogP contribution in [0.4, 0.5) is 0 Å². The lowest BCUT2D eigenvalue weighted by atomic mass is 10.0. The number of fused-ring (bicyclic) bond motifs is 1. The second-order valence-electron chi connectivity index (χ2n) is 4.08. The monoisotopic (exact) mass is 262 g/mol. The minimum atomic E-state index is -1.07. The number of carbonyl (C=O) groups excluding carboxylic acids is 1. The van der Waals surface area contributed by atoms with Gasteiger partial charge in [-0.3, -0.25) is 4.79 Å². The molecule has 100 valence electrons. The van der Waals surface area contributed by atoms with Crippen molar-refractivity contribution in [2.75, 3.05) is 7.11 Å². The van der Waals surface area contributed by atoms with Crippen molar-refractivity contribution in [1.29, 1.82) is 0 Å². The van der Waals surface area contributed by atoms with Gasteiger partial charge in [0.2, 0.25) is 6.41 Å². The summed E-state index contributed by atoms with van der Waals surface area (Å²) in [5.74, 6) is -0.402. The van der Waals surface area contributed by atoms with E-state index in [-0.39, 0.29) is 6.42 Å². The summed E-state index contributed by atoms with van der Waals surface area (Å²) >= 11 is 0. The number of H-pyrrole nitrogens is 1. The second-order valence-corrected chi connectivity index (χ2v) is 4.08. The zero-order chi connectivity index (χ0) is 13.8. The van der Waals surface area contributed by atoms with Crippen molar-refractivity contribution < 1.29 is 19.4 Å². The van der Waals surface area contributed by atoms with E-state index in [1.165, 1.54) is 0 Å². The molecule has 0 bridgehead atoms. The van der Waals surface area contributed by atoms with E-state index in [4.69, 9.17) is 9.84 Å². The number of hydrogen-bond acceptors (Lipinski definition) is 3. The molecule has 0 saturated carbocycles. The molecule has 0 fully saturated rings. The Morgan fingerprint density at radius 2 is 2.37 bits per heavy atom. The summed E-state index contributed by atoms with van der Waals surface area (Å²) < 4.78 is 5.27. The first-order valence-corrected chi connectivity index (χ1v) is 5.72. The highest BCUT2D eigenvalue weighted by Crippen LogP contribution is 2.29. The smallest absolute Gasteiger partial charge is 0.326 e. The number of carboxylic acid groups (broad SMARTS) is 1. The predicted molar refractivity (Wildman–Crippen MR) is 69.2 cm³/mol. The first-order chi connectivity index (χ1) is 9.17. The molecule has 0 aliphatic carbocycles. The zero-order valence-corrected chi connectivity index (χ0v) is 10.3. The number of benzene rings is 1. The van der Waals surface area contributed by atoms with Crippen LogP contribution in [-0.4, -0.2) is 35.6 Å². The number of nitrogens with one attached hydrogen (secondary N) is 2. The van der Waals surface area contributed by atoms with Crippen molar-refractivity contribution in [3.63, 3.8) is 0 Å². The summed E-state index contributed by atoms with van der Waals surface area (Å²) in [5, 5.41) is 12.2. The molecule has 6 heteroatoms. The van der Waals surface area contributed by atoms with E-state index in [0.717, 1.165) is 16.5 Å². The van der Waals surface area contributed by atoms with Gasteiger partial charge in [0.25, 0.3) is 0 Å². The van der Waals surface area contributed by atoms with Gasteiger partial charge < -0.3 is 20.1 Å². The lowest BCUT2D eigenvalue weighted by Crippen LogP contribution is -2.37. The summed E-state index contributed by atoms with van der Waals surface area (Å²) in [7, 11) is 1.56. The van der Waals surface area contributed by atoms with Crippen LogP contribution in [0.5, 0.6) is 5.75 Å². The Labute approximate surface area is 109 Å². The summed E-state index contributed by atoms with van der Waals surface area (Å²) in [5.41, 5.74) is 1.65. The molecule has 2 rings (SSSR count). The normalized spacial score (nSPS) is 12.1. The molecule has 6 nitrogen and oxygen atoms in total. The number of hydrogen-bond donors (Lipinski definition) is 3. The summed E-state index contributed by atoms with van der Waals surface area (Å²) in [6, 6.07) is 4.58. The number of carbonyl (C=O) groups is 2. The number of aliphatic carboxylic acids is 1. The van der Waals surface area contributed by atoms with Crippen molar-refractivity contribution in [2.45, 2.75) is 12.5 Å². The number of aromatic nitrogens is 1. The fraction of sp³-hybridized carbons (Fsp3) is 0.231. The third-order valence-electron chi connectivity index (χ3n) is 2.96. The van der Waals surface area contributed by atoms with Gasteiger partial charge in [-0.25, -0.2) is 4.79 Å². The number of aromatic amines is 1. The van der Waals surface area contributed by atoms with E-state index in [1.54, 1.807) is 13.3 Å². The SMILES string of the molecule is COc1cccc2[nH]cc(C[C@H](NC=O)C(=O)O)c12. The van der Waals surface area contributed by atoms with E-state index in [2.05, 4.69) is 10.3 Å². The van der Waals surface area contributed by atoms with Crippen LogP contribution in [-0.2, 0) is 16.0 Å². The molecule has 0 aliphatic heterocycles. The summed E-state index contributed by atoms with van der Waals surface area (Å²) in [6.45, 7) is 0. The molecule has 0 saturated heterocycles. The molecule has 1 aromatic heterocycles.